The topological polar surface area (TPSA) is 29.3 Å². The first-order chi connectivity index (χ1) is 5.51. The van der Waals surface area contributed by atoms with Crippen molar-refractivity contribution in [1.29, 1.82) is 0 Å². The van der Waals surface area contributed by atoms with Gasteiger partial charge < -0.3 is 10.6 Å². The van der Waals surface area contributed by atoms with E-state index in [1.165, 1.54) is 19.3 Å². The van der Waals surface area contributed by atoms with E-state index in [1.54, 1.807) is 0 Å². The van der Waals surface area contributed by atoms with Crippen LogP contribution in [0.4, 0.5) is 0 Å². The van der Waals surface area contributed by atoms with Crippen molar-refractivity contribution >= 4 is 17.3 Å². The van der Waals surface area contributed by atoms with Crippen molar-refractivity contribution in [3.8, 4) is 0 Å². The zero-order valence-corrected chi connectivity index (χ0v) is 8.78. The molecule has 0 atom stereocenters. The molecule has 0 aromatic rings. The Balaban J connectivity index is 2.50. The van der Waals surface area contributed by atoms with E-state index in [-0.39, 0.29) is 0 Å². The fourth-order valence-electron chi connectivity index (χ4n) is 1.64. The summed E-state index contributed by atoms with van der Waals surface area (Å²) in [6, 6.07) is 0. The molecule has 3 heteroatoms. The molecule has 0 radical (unpaired) electrons. The van der Waals surface area contributed by atoms with Crippen LogP contribution in [0, 0.1) is 5.41 Å². The van der Waals surface area contributed by atoms with Crippen LogP contribution in [0.25, 0.3) is 0 Å². The molecule has 0 aromatic heterocycles. The van der Waals surface area contributed by atoms with Crippen LogP contribution >= 0.6 is 12.2 Å². The minimum atomic E-state index is 0.472. The predicted molar refractivity (Wildman–Crippen MR) is 56.0 cm³/mol. The normalized spacial score (nSPS) is 23.3. The Bertz CT molecular complexity index is 177. The van der Waals surface area contributed by atoms with Crippen molar-refractivity contribution in [3.63, 3.8) is 0 Å². The Morgan fingerprint density at radius 2 is 2.00 bits per heavy atom. The number of likely N-dealkylation sites (tertiary alicyclic amines) is 1. The summed E-state index contributed by atoms with van der Waals surface area (Å²) >= 11 is 4.95. The lowest BCUT2D eigenvalue weighted by Crippen LogP contribution is -2.36. The van der Waals surface area contributed by atoms with Crippen molar-refractivity contribution in [3.05, 3.63) is 0 Å². The first-order valence-corrected chi connectivity index (χ1v) is 4.96. The second-order valence-corrected chi connectivity index (χ2v) is 4.76. The van der Waals surface area contributed by atoms with Crippen molar-refractivity contribution in [2.24, 2.45) is 11.1 Å². The largest absolute Gasteiger partial charge is 0.376 e. The molecule has 0 saturated carbocycles. The van der Waals surface area contributed by atoms with Gasteiger partial charge in [0.15, 0.2) is 5.11 Å². The minimum absolute atomic E-state index is 0.472. The van der Waals surface area contributed by atoms with E-state index in [2.05, 4.69) is 18.7 Å². The van der Waals surface area contributed by atoms with Gasteiger partial charge in [0, 0.05) is 13.1 Å². The molecule has 2 nitrogen and oxygen atoms in total. The predicted octanol–water partition coefficient (Wildman–Crippen LogP) is 1.74. The van der Waals surface area contributed by atoms with Gasteiger partial charge in [-0.25, -0.2) is 0 Å². The fraction of sp³-hybridized carbons (Fsp3) is 0.889. The highest BCUT2D eigenvalue weighted by atomic mass is 32.1. The summed E-state index contributed by atoms with van der Waals surface area (Å²) in [6.07, 6.45) is 3.70. The molecule has 1 aliphatic rings. The molecule has 12 heavy (non-hydrogen) atoms. The smallest absolute Gasteiger partial charge is 0.166 e. The van der Waals surface area contributed by atoms with E-state index in [1.807, 2.05) is 0 Å². The van der Waals surface area contributed by atoms with Gasteiger partial charge in [0.25, 0.3) is 0 Å². The van der Waals surface area contributed by atoms with Gasteiger partial charge in [0.2, 0.25) is 0 Å². The average Bonchev–Trinajstić information content (AvgIpc) is 2.10. The summed E-state index contributed by atoms with van der Waals surface area (Å²) in [6.45, 7) is 6.70. The van der Waals surface area contributed by atoms with Gasteiger partial charge in [0.1, 0.15) is 0 Å². The molecule has 0 spiro atoms. The Morgan fingerprint density at radius 1 is 1.33 bits per heavy atom. The first kappa shape index (κ1) is 9.78. The van der Waals surface area contributed by atoms with E-state index < -0.39 is 0 Å². The molecule has 0 aliphatic carbocycles. The van der Waals surface area contributed by atoms with Crippen molar-refractivity contribution in [2.45, 2.75) is 33.1 Å². The van der Waals surface area contributed by atoms with Gasteiger partial charge in [-0.2, -0.15) is 0 Å². The molecule has 0 unspecified atom stereocenters. The van der Waals surface area contributed by atoms with E-state index in [4.69, 9.17) is 18.0 Å². The highest BCUT2D eigenvalue weighted by Gasteiger charge is 2.23. The maximum Gasteiger partial charge on any atom is 0.166 e. The van der Waals surface area contributed by atoms with Crippen LogP contribution < -0.4 is 5.73 Å². The molecular formula is C9H18N2S. The monoisotopic (exact) mass is 186 g/mol. The van der Waals surface area contributed by atoms with E-state index in [0.717, 1.165) is 13.1 Å². The number of thiocarbonyl (C=S) groups is 1. The van der Waals surface area contributed by atoms with Crippen molar-refractivity contribution in [2.75, 3.05) is 13.1 Å². The maximum absolute atomic E-state index is 5.58. The van der Waals surface area contributed by atoms with Crippen LogP contribution in [0.3, 0.4) is 0 Å². The molecule has 70 valence electrons. The van der Waals surface area contributed by atoms with Gasteiger partial charge >= 0.3 is 0 Å². The second kappa shape index (κ2) is 3.60. The van der Waals surface area contributed by atoms with Gasteiger partial charge in [-0.05, 0) is 36.9 Å². The Kier molecular flexibility index (Phi) is 2.94. The maximum atomic E-state index is 5.58. The fourth-order valence-corrected chi connectivity index (χ4v) is 1.83. The molecule has 2 N–H and O–H groups in total. The number of nitrogens with two attached hydrogens (primary N) is 1. The standard InChI is InChI=1S/C9H18N2S/c1-9(2)4-3-6-11(7-5-9)8(10)12/h3-7H2,1-2H3,(H2,10,12). The Labute approximate surface area is 80.1 Å². The second-order valence-electron chi connectivity index (χ2n) is 4.34. The van der Waals surface area contributed by atoms with Crippen LogP contribution in [0.15, 0.2) is 0 Å². The highest BCUT2D eigenvalue weighted by molar-refractivity contribution is 7.80. The lowest BCUT2D eigenvalue weighted by Gasteiger charge is -2.23. The number of hydrogen-bond donors (Lipinski definition) is 1. The lowest BCUT2D eigenvalue weighted by atomic mass is 9.85. The summed E-state index contributed by atoms with van der Waals surface area (Å²) in [4.78, 5) is 2.12. The van der Waals surface area contributed by atoms with Crippen molar-refractivity contribution < 1.29 is 0 Å². The van der Waals surface area contributed by atoms with Crippen LogP contribution in [-0.4, -0.2) is 23.1 Å². The molecule has 1 rings (SSSR count). The average molecular weight is 186 g/mol. The quantitative estimate of drug-likeness (QED) is 0.584. The number of rotatable bonds is 0. The molecule has 0 bridgehead atoms. The molecule has 0 aromatic carbocycles. The van der Waals surface area contributed by atoms with Gasteiger partial charge in [0.05, 0.1) is 0 Å². The molecular weight excluding hydrogens is 168 g/mol. The minimum Gasteiger partial charge on any atom is -0.376 e. The van der Waals surface area contributed by atoms with Crippen LogP contribution in [0.5, 0.6) is 0 Å². The van der Waals surface area contributed by atoms with Crippen LogP contribution in [0.2, 0.25) is 0 Å². The summed E-state index contributed by atoms with van der Waals surface area (Å²) < 4.78 is 0. The summed E-state index contributed by atoms with van der Waals surface area (Å²) in [5.41, 5.74) is 6.05. The number of hydrogen-bond acceptors (Lipinski definition) is 1. The van der Waals surface area contributed by atoms with E-state index in [0.29, 0.717) is 10.5 Å². The van der Waals surface area contributed by atoms with E-state index >= 15 is 0 Å². The molecule has 0 amide bonds. The Morgan fingerprint density at radius 3 is 2.58 bits per heavy atom. The molecule has 1 saturated heterocycles. The zero-order chi connectivity index (χ0) is 9.19. The van der Waals surface area contributed by atoms with Crippen molar-refractivity contribution in [1.82, 2.24) is 4.90 Å². The SMILES string of the molecule is CC1(C)CCCN(C(N)=S)CC1. The third-order valence-electron chi connectivity index (χ3n) is 2.65. The van der Waals surface area contributed by atoms with Crippen LogP contribution in [-0.2, 0) is 0 Å². The molecule has 1 aliphatic heterocycles. The first-order valence-electron chi connectivity index (χ1n) is 4.56. The summed E-state index contributed by atoms with van der Waals surface area (Å²) in [7, 11) is 0. The van der Waals surface area contributed by atoms with Crippen LogP contribution in [0.1, 0.15) is 33.1 Å². The summed E-state index contributed by atoms with van der Waals surface area (Å²) in [5.74, 6) is 0. The van der Waals surface area contributed by atoms with Gasteiger partial charge in [-0.3, -0.25) is 0 Å². The number of nitrogens with zero attached hydrogens (tertiary/aromatic N) is 1. The third kappa shape index (κ3) is 2.63. The molecule has 1 heterocycles. The van der Waals surface area contributed by atoms with Gasteiger partial charge in [-0.1, -0.05) is 13.8 Å². The Hall–Kier alpha value is -0.310. The van der Waals surface area contributed by atoms with E-state index in [9.17, 15) is 0 Å². The zero-order valence-electron chi connectivity index (χ0n) is 7.97. The highest BCUT2D eigenvalue weighted by Crippen LogP contribution is 2.29. The lowest BCUT2D eigenvalue weighted by molar-refractivity contribution is 0.314. The molecule has 1 fully saturated rings. The third-order valence-corrected chi connectivity index (χ3v) is 2.91. The van der Waals surface area contributed by atoms with Gasteiger partial charge in [-0.15, -0.1) is 0 Å². The summed E-state index contributed by atoms with van der Waals surface area (Å²) in [5, 5.41) is 0.563.